The molecule has 114 valence electrons. The SMILES string of the molecule is CN(C1CCCCCC1)C(CN)c1csc2ccccc12. The lowest BCUT2D eigenvalue weighted by atomic mass is 10.00. The van der Waals surface area contributed by atoms with Gasteiger partial charge in [0.15, 0.2) is 0 Å². The number of fused-ring (bicyclic) bond motifs is 1. The van der Waals surface area contributed by atoms with Crippen molar-refractivity contribution in [3.63, 3.8) is 0 Å². The Morgan fingerprint density at radius 2 is 1.90 bits per heavy atom. The van der Waals surface area contributed by atoms with E-state index in [0.717, 1.165) is 0 Å². The molecule has 1 saturated carbocycles. The zero-order chi connectivity index (χ0) is 14.7. The van der Waals surface area contributed by atoms with Gasteiger partial charge < -0.3 is 5.73 Å². The van der Waals surface area contributed by atoms with E-state index in [1.807, 2.05) is 11.3 Å². The van der Waals surface area contributed by atoms with Crippen LogP contribution in [0.1, 0.15) is 50.1 Å². The first kappa shape index (κ1) is 15.0. The van der Waals surface area contributed by atoms with Crippen LogP contribution in [0.15, 0.2) is 29.6 Å². The molecular weight excluding hydrogens is 276 g/mol. The molecule has 0 aliphatic heterocycles. The molecule has 1 aliphatic rings. The first-order valence-corrected chi connectivity index (χ1v) is 9.07. The smallest absolute Gasteiger partial charge is 0.0484 e. The second kappa shape index (κ2) is 6.91. The van der Waals surface area contributed by atoms with Gasteiger partial charge in [-0.1, -0.05) is 43.9 Å². The molecule has 0 spiro atoms. The van der Waals surface area contributed by atoms with Crippen molar-refractivity contribution in [1.82, 2.24) is 4.90 Å². The minimum absolute atomic E-state index is 0.351. The summed E-state index contributed by atoms with van der Waals surface area (Å²) in [4.78, 5) is 2.56. The van der Waals surface area contributed by atoms with Crippen molar-refractivity contribution in [3.8, 4) is 0 Å². The topological polar surface area (TPSA) is 29.3 Å². The second-order valence-corrected chi connectivity index (χ2v) is 7.16. The third-order valence-electron chi connectivity index (χ3n) is 4.99. The average Bonchev–Trinajstić information content (AvgIpc) is 2.75. The van der Waals surface area contributed by atoms with E-state index in [1.54, 1.807) is 0 Å². The fraction of sp³-hybridized carbons (Fsp3) is 0.556. The summed E-state index contributed by atoms with van der Waals surface area (Å²) in [6.07, 6.45) is 8.20. The van der Waals surface area contributed by atoms with E-state index >= 15 is 0 Å². The fourth-order valence-corrected chi connectivity index (χ4v) is 4.70. The Bertz CT molecular complexity index is 569. The predicted octanol–water partition coefficient (Wildman–Crippen LogP) is 4.56. The van der Waals surface area contributed by atoms with Crippen LogP contribution in [0.5, 0.6) is 0 Å². The predicted molar refractivity (Wildman–Crippen MR) is 92.9 cm³/mol. The van der Waals surface area contributed by atoms with Gasteiger partial charge in [0.05, 0.1) is 0 Å². The molecule has 21 heavy (non-hydrogen) atoms. The third-order valence-corrected chi connectivity index (χ3v) is 5.97. The first-order valence-electron chi connectivity index (χ1n) is 8.19. The maximum Gasteiger partial charge on any atom is 0.0484 e. The molecule has 1 atom stereocenters. The Labute approximate surface area is 131 Å². The van der Waals surface area contributed by atoms with Crippen LogP contribution in [0, 0.1) is 0 Å². The number of benzene rings is 1. The van der Waals surface area contributed by atoms with Crippen LogP contribution in [0.25, 0.3) is 10.1 Å². The molecule has 3 heteroatoms. The zero-order valence-corrected chi connectivity index (χ0v) is 13.7. The molecule has 1 aromatic carbocycles. The van der Waals surface area contributed by atoms with Gasteiger partial charge >= 0.3 is 0 Å². The Hall–Kier alpha value is -0.900. The van der Waals surface area contributed by atoms with Crippen LogP contribution >= 0.6 is 11.3 Å². The van der Waals surface area contributed by atoms with Crippen molar-refractivity contribution in [1.29, 1.82) is 0 Å². The number of hydrogen-bond donors (Lipinski definition) is 1. The number of nitrogens with two attached hydrogens (primary N) is 1. The second-order valence-electron chi connectivity index (χ2n) is 6.25. The number of hydrogen-bond acceptors (Lipinski definition) is 3. The molecule has 2 nitrogen and oxygen atoms in total. The molecule has 1 heterocycles. The van der Waals surface area contributed by atoms with Crippen LogP contribution in [-0.2, 0) is 0 Å². The van der Waals surface area contributed by atoms with Crippen LogP contribution in [-0.4, -0.2) is 24.5 Å². The van der Waals surface area contributed by atoms with Gasteiger partial charge in [-0.05, 0) is 42.3 Å². The van der Waals surface area contributed by atoms with Crippen LogP contribution in [0.4, 0.5) is 0 Å². The Balaban J connectivity index is 1.86. The van der Waals surface area contributed by atoms with Gasteiger partial charge in [0.2, 0.25) is 0 Å². The summed E-state index contributed by atoms with van der Waals surface area (Å²) in [7, 11) is 2.28. The zero-order valence-electron chi connectivity index (χ0n) is 12.9. The van der Waals surface area contributed by atoms with Gasteiger partial charge in [-0.15, -0.1) is 11.3 Å². The lowest BCUT2D eigenvalue weighted by Gasteiger charge is -2.34. The molecular formula is C18H26N2S. The lowest BCUT2D eigenvalue weighted by molar-refractivity contribution is 0.162. The maximum atomic E-state index is 6.16. The van der Waals surface area contributed by atoms with Gasteiger partial charge in [0.25, 0.3) is 0 Å². The first-order chi connectivity index (χ1) is 10.3. The molecule has 1 aromatic heterocycles. The number of likely N-dealkylation sites (N-methyl/N-ethyl adjacent to an activating group) is 1. The van der Waals surface area contributed by atoms with E-state index in [4.69, 9.17) is 5.73 Å². The summed E-state index contributed by atoms with van der Waals surface area (Å²) >= 11 is 1.84. The normalized spacial score (nSPS) is 19.0. The van der Waals surface area contributed by atoms with Crippen molar-refractivity contribution in [2.75, 3.05) is 13.6 Å². The van der Waals surface area contributed by atoms with Crippen molar-refractivity contribution in [2.45, 2.75) is 50.6 Å². The van der Waals surface area contributed by atoms with Crippen molar-refractivity contribution >= 4 is 21.4 Å². The van der Waals surface area contributed by atoms with E-state index in [-0.39, 0.29) is 0 Å². The minimum atomic E-state index is 0.351. The van der Waals surface area contributed by atoms with E-state index < -0.39 is 0 Å². The quantitative estimate of drug-likeness (QED) is 0.839. The van der Waals surface area contributed by atoms with Crippen LogP contribution in [0.3, 0.4) is 0 Å². The van der Waals surface area contributed by atoms with E-state index in [0.29, 0.717) is 18.6 Å². The summed E-state index contributed by atoms with van der Waals surface area (Å²) in [6.45, 7) is 0.702. The highest BCUT2D eigenvalue weighted by Gasteiger charge is 2.25. The molecule has 0 radical (unpaired) electrons. The van der Waals surface area contributed by atoms with Crippen LogP contribution < -0.4 is 5.73 Å². The molecule has 3 rings (SSSR count). The van der Waals surface area contributed by atoms with Gasteiger partial charge in [0, 0.05) is 23.3 Å². The van der Waals surface area contributed by atoms with E-state index in [1.165, 1.54) is 54.2 Å². The van der Waals surface area contributed by atoms with Gasteiger partial charge in [-0.25, -0.2) is 0 Å². The summed E-state index contributed by atoms with van der Waals surface area (Å²) in [5, 5.41) is 3.70. The highest BCUT2D eigenvalue weighted by Crippen LogP contribution is 2.34. The summed E-state index contributed by atoms with van der Waals surface area (Å²) in [6, 6.07) is 9.75. The summed E-state index contributed by atoms with van der Waals surface area (Å²) < 4.78 is 1.38. The molecule has 0 saturated heterocycles. The molecule has 0 bridgehead atoms. The minimum Gasteiger partial charge on any atom is -0.329 e. The summed E-state index contributed by atoms with van der Waals surface area (Å²) in [5.74, 6) is 0. The van der Waals surface area contributed by atoms with Crippen molar-refractivity contribution in [3.05, 3.63) is 35.2 Å². The molecule has 0 amide bonds. The van der Waals surface area contributed by atoms with Gasteiger partial charge in [0.1, 0.15) is 0 Å². The molecule has 2 N–H and O–H groups in total. The van der Waals surface area contributed by atoms with E-state index in [9.17, 15) is 0 Å². The lowest BCUT2D eigenvalue weighted by Crippen LogP contribution is -2.38. The van der Waals surface area contributed by atoms with Gasteiger partial charge in [-0.2, -0.15) is 0 Å². The standard InChI is InChI=1S/C18H26N2S/c1-20(14-8-4-2-3-5-9-14)17(12-19)16-13-21-18-11-7-6-10-15(16)18/h6-7,10-11,13-14,17H,2-5,8-9,12,19H2,1H3. The summed E-state index contributed by atoms with van der Waals surface area (Å²) in [5.41, 5.74) is 7.59. The number of rotatable bonds is 4. The largest absolute Gasteiger partial charge is 0.329 e. The molecule has 2 aromatic rings. The molecule has 1 aliphatic carbocycles. The Kier molecular flexibility index (Phi) is 4.94. The molecule has 1 fully saturated rings. The third kappa shape index (κ3) is 3.15. The monoisotopic (exact) mass is 302 g/mol. The fourth-order valence-electron chi connectivity index (χ4n) is 3.69. The van der Waals surface area contributed by atoms with Gasteiger partial charge in [-0.3, -0.25) is 4.90 Å². The maximum absolute atomic E-state index is 6.16. The number of thiophene rings is 1. The Morgan fingerprint density at radius 1 is 1.19 bits per heavy atom. The average molecular weight is 302 g/mol. The molecule has 1 unspecified atom stereocenters. The highest BCUT2D eigenvalue weighted by atomic mass is 32.1. The Morgan fingerprint density at radius 3 is 2.62 bits per heavy atom. The van der Waals surface area contributed by atoms with Crippen molar-refractivity contribution in [2.24, 2.45) is 5.73 Å². The van der Waals surface area contributed by atoms with E-state index in [2.05, 4.69) is 41.6 Å². The number of nitrogens with zero attached hydrogens (tertiary/aromatic N) is 1. The van der Waals surface area contributed by atoms with Crippen molar-refractivity contribution < 1.29 is 0 Å². The highest BCUT2D eigenvalue weighted by molar-refractivity contribution is 7.17. The van der Waals surface area contributed by atoms with Crippen LogP contribution in [0.2, 0.25) is 0 Å².